The Balaban J connectivity index is 1.87. The molecular weight excluding hydrogens is 266 g/mol. The summed E-state index contributed by atoms with van der Waals surface area (Å²) in [5.41, 5.74) is 0. The Morgan fingerprint density at radius 2 is 1.95 bits per heavy atom. The lowest BCUT2D eigenvalue weighted by molar-refractivity contribution is 0.566. The second-order valence-electron chi connectivity index (χ2n) is 5.30. The zero-order chi connectivity index (χ0) is 14.7. The molecule has 3 rings (SSSR count). The van der Waals surface area contributed by atoms with E-state index in [4.69, 9.17) is 0 Å². The second-order valence-corrected chi connectivity index (χ2v) is 5.30. The van der Waals surface area contributed by atoms with Gasteiger partial charge >= 0.3 is 0 Å². The summed E-state index contributed by atoms with van der Waals surface area (Å²) in [6, 6.07) is 0. The standard InChI is InChI=1S/C14H21N7/c1-15-13-17-11(10-12-16-6-9-20(12)2)18-14(19-13)21-7-4-3-5-8-21/h6,9H,3-5,7-8,10H2,1-2H3,(H,15,17,18,19). The quantitative estimate of drug-likeness (QED) is 0.912. The first-order valence-corrected chi connectivity index (χ1v) is 7.40. The van der Waals surface area contributed by atoms with Gasteiger partial charge in [-0.1, -0.05) is 0 Å². The van der Waals surface area contributed by atoms with Crippen LogP contribution in [0.4, 0.5) is 11.9 Å². The fourth-order valence-corrected chi connectivity index (χ4v) is 2.54. The van der Waals surface area contributed by atoms with Crippen LogP contribution in [0.2, 0.25) is 0 Å². The average Bonchev–Trinajstić information content (AvgIpc) is 2.93. The van der Waals surface area contributed by atoms with Crippen LogP contribution in [0.25, 0.3) is 0 Å². The highest BCUT2D eigenvalue weighted by molar-refractivity contribution is 5.37. The first-order chi connectivity index (χ1) is 10.3. The van der Waals surface area contributed by atoms with E-state index in [0.717, 1.165) is 30.7 Å². The van der Waals surface area contributed by atoms with Crippen molar-refractivity contribution in [3.63, 3.8) is 0 Å². The molecule has 21 heavy (non-hydrogen) atoms. The van der Waals surface area contributed by atoms with Gasteiger partial charge in [0.05, 0.1) is 6.42 Å². The second kappa shape index (κ2) is 6.07. The Morgan fingerprint density at radius 1 is 1.14 bits per heavy atom. The number of aryl methyl sites for hydroxylation is 1. The zero-order valence-electron chi connectivity index (χ0n) is 12.6. The minimum Gasteiger partial charge on any atom is -0.357 e. The van der Waals surface area contributed by atoms with Gasteiger partial charge in [-0.05, 0) is 19.3 Å². The molecule has 0 spiro atoms. The van der Waals surface area contributed by atoms with Crippen molar-refractivity contribution in [1.82, 2.24) is 24.5 Å². The number of aromatic nitrogens is 5. The summed E-state index contributed by atoms with van der Waals surface area (Å²) in [6.07, 6.45) is 8.04. The van der Waals surface area contributed by atoms with Crippen LogP contribution in [0.5, 0.6) is 0 Å². The van der Waals surface area contributed by atoms with Gasteiger partial charge in [0.15, 0.2) is 0 Å². The van der Waals surface area contributed by atoms with Crippen LogP contribution in [-0.2, 0) is 13.5 Å². The number of nitrogens with zero attached hydrogens (tertiary/aromatic N) is 6. The molecule has 0 aliphatic carbocycles. The summed E-state index contributed by atoms with van der Waals surface area (Å²) < 4.78 is 1.99. The predicted octanol–water partition coefficient (Wildman–Crippen LogP) is 1.23. The van der Waals surface area contributed by atoms with Crippen LogP contribution in [0.1, 0.15) is 30.9 Å². The third-order valence-electron chi connectivity index (χ3n) is 3.77. The molecule has 0 atom stereocenters. The Kier molecular flexibility index (Phi) is 3.98. The Labute approximate surface area is 124 Å². The van der Waals surface area contributed by atoms with Gasteiger partial charge < -0.3 is 14.8 Å². The molecule has 0 unspecified atom stereocenters. The van der Waals surface area contributed by atoms with Crippen molar-refractivity contribution < 1.29 is 0 Å². The predicted molar refractivity (Wildman–Crippen MR) is 81.5 cm³/mol. The molecule has 1 N–H and O–H groups in total. The van der Waals surface area contributed by atoms with E-state index in [0.29, 0.717) is 12.4 Å². The number of hydrogen-bond donors (Lipinski definition) is 1. The summed E-state index contributed by atoms with van der Waals surface area (Å²) in [5.74, 6) is 3.10. The third kappa shape index (κ3) is 3.12. The molecule has 2 aromatic rings. The van der Waals surface area contributed by atoms with E-state index in [2.05, 4.69) is 30.2 Å². The summed E-state index contributed by atoms with van der Waals surface area (Å²) in [7, 11) is 3.81. The molecule has 3 heterocycles. The van der Waals surface area contributed by atoms with Gasteiger partial charge in [0, 0.05) is 39.6 Å². The average molecular weight is 287 g/mol. The Morgan fingerprint density at radius 3 is 2.62 bits per heavy atom. The van der Waals surface area contributed by atoms with Gasteiger partial charge in [-0.25, -0.2) is 4.98 Å². The molecular formula is C14H21N7. The fraction of sp³-hybridized carbons (Fsp3) is 0.571. The molecule has 7 nitrogen and oxygen atoms in total. The van der Waals surface area contributed by atoms with Crippen LogP contribution >= 0.6 is 0 Å². The number of nitrogens with one attached hydrogen (secondary N) is 1. The molecule has 1 fully saturated rings. The first kappa shape index (κ1) is 13.8. The van der Waals surface area contributed by atoms with Crippen molar-refractivity contribution in [3.05, 3.63) is 24.0 Å². The number of anilines is 2. The molecule has 0 aromatic carbocycles. The van der Waals surface area contributed by atoms with E-state index >= 15 is 0 Å². The molecule has 1 aliphatic rings. The van der Waals surface area contributed by atoms with Crippen molar-refractivity contribution in [2.24, 2.45) is 7.05 Å². The van der Waals surface area contributed by atoms with Crippen molar-refractivity contribution in [1.29, 1.82) is 0 Å². The Hall–Kier alpha value is -2.18. The van der Waals surface area contributed by atoms with Gasteiger partial charge in [0.25, 0.3) is 0 Å². The zero-order valence-corrected chi connectivity index (χ0v) is 12.6. The smallest absolute Gasteiger partial charge is 0.230 e. The van der Waals surface area contributed by atoms with Crippen LogP contribution < -0.4 is 10.2 Å². The molecule has 112 valence electrons. The van der Waals surface area contributed by atoms with E-state index in [9.17, 15) is 0 Å². The molecule has 2 aromatic heterocycles. The largest absolute Gasteiger partial charge is 0.357 e. The normalized spacial score (nSPS) is 15.2. The SMILES string of the molecule is CNc1nc(Cc2nccn2C)nc(N2CCCCC2)n1. The van der Waals surface area contributed by atoms with Crippen LogP contribution in [0.15, 0.2) is 12.4 Å². The topological polar surface area (TPSA) is 71.8 Å². The fourth-order valence-electron chi connectivity index (χ4n) is 2.54. The van der Waals surface area contributed by atoms with Crippen molar-refractivity contribution in [3.8, 4) is 0 Å². The lowest BCUT2D eigenvalue weighted by atomic mass is 10.1. The summed E-state index contributed by atoms with van der Waals surface area (Å²) in [4.78, 5) is 20.2. The maximum Gasteiger partial charge on any atom is 0.230 e. The van der Waals surface area contributed by atoms with Crippen molar-refractivity contribution in [2.45, 2.75) is 25.7 Å². The maximum absolute atomic E-state index is 4.63. The third-order valence-corrected chi connectivity index (χ3v) is 3.77. The monoisotopic (exact) mass is 287 g/mol. The van der Waals surface area contributed by atoms with E-state index in [1.54, 1.807) is 6.20 Å². The highest BCUT2D eigenvalue weighted by atomic mass is 15.3. The van der Waals surface area contributed by atoms with Gasteiger partial charge in [-0.3, -0.25) is 0 Å². The highest BCUT2D eigenvalue weighted by Crippen LogP contribution is 2.17. The molecule has 0 radical (unpaired) electrons. The minimum absolute atomic E-state index is 0.613. The minimum atomic E-state index is 0.613. The molecule has 0 bridgehead atoms. The van der Waals surface area contributed by atoms with E-state index in [1.807, 2.05) is 24.9 Å². The molecule has 7 heteroatoms. The van der Waals surface area contributed by atoms with Crippen LogP contribution in [0, 0.1) is 0 Å². The van der Waals surface area contributed by atoms with Gasteiger partial charge in [0.1, 0.15) is 11.6 Å². The number of imidazole rings is 1. The van der Waals surface area contributed by atoms with Gasteiger partial charge in [-0.2, -0.15) is 15.0 Å². The van der Waals surface area contributed by atoms with E-state index in [-0.39, 0.29) is 0 Å². The van der Waals surface area contributed by atoms with Crippen LogP contribution in [-0.4, -0.2) is 44.6 Å². The van der Waals surface area contributed by atoms with Crippen molar-refractivity contribution >= 4 is 11.9 Å². The number of rotatable bonds is 4. The van der Waals surface area contributed by atoms with E-state index in [1.165, 1.54) is 19.3 Å². The summed E-state index contributed by atoms with van der Waals surface area (Å²) in [6.45, 7) is 2.05. The molecule has 1 aliphatic heterocycles. The van der Waals surface area contributed by atoms with Crippen molar-refractivity contribution in [2.75, 3.05) is 30.4 Å². The van der Waals surface area contributed by atoms with Crippen LogP contribution in [0.3, 0.4) is 0 Å². The molecule has 1 saturated heterocycles. The summed E-state index contributed by atoms with van der Waals surface area (Å²) in [5, 5.41) is 3.02. The van der Waals surface area contributed by atoms with E-state index < -0.39 is 0 Å². The lowest BCUT2D eigenvalue weighted by Gasteiger charge is -2.26. The highest BCUT2D eigenvalue weighted by Gasteiger charge is 2.16. The van der Waals surface area contributed by atoms with Gasteiger partial charge in [0.2, 0.25) is 11.9 Å². The number of hydrogen-bond acceptors (Lipinski definition) is 6. The molecule has 0 amide bonds. The van der Waals surface area contributed by atoms with Gasteiger partial charge in [-0.15, -0.1) is 0 Å². The molecule has 0 saturated carbocycles. The first-order valence-electron chi connectivity index (χ1n) is 7.40. The maximum atomic E-state index is 4.63. The number of piperidine rings is 1. The summed E-state index contributed by atoms with van der Waals surface area (Å²) >= 11 is 0. The Bertz CT molecular complexity index is 601. The lowest BCUT2D eigenvalue weighted by Crippen LogP contribution is -2.31.